The lowest BCUT2D eigenvalue weighted by Crippen LogP contribution is -2.40. The molecule has 4 bridgehead atoms. The molecular formula is C34H45N5OS. The molecule has 0 spiro atoms. The molecule has 1 aromatic carbocycles. The average molecular weight is 572 g/mol. The molecule has 3 aromatic rings. The summed E-state index contributed by atoms with van der Waals surface area (Å²) in [6.07, 6.45) is 3.18. The first-order chi connectivity index (χ1) is 19.4. The fourth-order valence-electron chi connectivity index (χ4n) is 6.32. The zero-order valence-electron chi connectivity index (χ0n) is 25.6. The molecule has 0 aliphatic carbocycles. The molecule has 4 heterocycles. The van der Waals surface area contributed by atoms with Gasteiger partial charge >= 0.3 is 0 Å². The first-order valence-electron chi connectivity index (χ1n) is 15.0. The summed E-state index contributed by atoms with van der Waals surface area (Å²) in [5, 5.41) is 0.772. The maximum atomic E-state index is 13.7. The van der Waals surface area contributed by atoms with E-state index in [1.54, 1.807) is 0 Å². The quantitative estimate of drug-likeness (QED) is 0.324. The van der Waals surface area contributed by atoms with Crippen molar-refractivity contribution in [3.63, 3.8) is 0 Å². The molecule has 1 fully saturated rings. The summed E-state index contributed by atoms with van der Waals surface area (Å²) in [5.41, 5.74) is 2.71. The Labute approximate surface area is 250 Å². The summed E-state index contributed by atoms with van der Waals surface area (Å²) in [7, 11) is 0. The van der Waals surface area contributed by atoms with Crippen LogP contribution in [0.3, 0.4) is 0 Å². The number of hydrogen-bond donors (Lipinski definition) is 1. The van der Waals surface area contributed by atoms with Crippen LogP contribution in [0.25, 0.3) is 0 Å². The SMILES string of the molecule is CC(C)CN1c2cccc(n2)SNC(=O)c2ccc(C(C)(C)C)nc2N2CC(CCC1c1ccccc1)CC2(C)C. The van der Waals surface area contributed by atoms with Crippen LogP contribution in [0, 0.1) is 11.8 Å². The van der Waals surface area contributed by atoms with Gasteiger partial charge in [-0.1, -0.05) is 71.0 Å². The third-order valence-electron chi connectivity index (χ3n) is 8.33. The number of carbonyl (C=O) groups excluding carboxylic acids is 1. The van der Waals surface area contributed by atoms with E-state index in [2.05, 4.69) is 99.4 Å². The number of rotatable bonds is 3. The molecule has 218 valence electrons. The van der Waals surface area contributed by atoms with Crippen LogP contribution in [-0.4, -0.2) is 34.5 Å². The van der Waals surface area contributed by atoms with Crippen LogP contribution in [0.2, 0.25) is 0 Å². The fourth-order valence-corrected chi connectivity index (χ4v) is 6.91. The lowest BCUT2D eigenvalue weighted by Gasteiger charge is -2.35. The van der Waals surface area contributed by atoms with Crippen molar-refractivity contribution in [1.29, 1.82) is 0 Å². The van der Waals surface area contributed by atoms with Crippen LogP contribution in [0.1, 0.15) is 95.4 Å². The normalized spacial score (nSPS) is 21.2. The van der Waals surface area contributed by atoms with E-state index in [1.165, 1.54) is 17.5 Å². The molecular weight excluding hydrogens is 526 g/mol. The Hall–Kier alpha value is -3.06. The van der Waals surface area contributed by atoms with E-state index in [-0.39, 0.29) is 22.9 Å². The predicted octanol–water partition coefficient (Wildman–Crippen LogP) is 7.81. The molecule has 7 heteroatoms. The first kappa shape index (κ1) is 29.4. The van der Waals surface area contributed by atoms with Gasteiger partial charge in [0.1, 0.15) is 16.7 Å². The van der Waals surface area contributed by atoms with Gasteiger partial charge in [-0.05, 0) is 74.8 Å². The predicted molar refractivity (Wildman–Crippen MR) is 171 cm³/mol. The summed E-state index contributed by atoms with van der Waals surface area (Å²) >= 11 is 1.28. The molecule has 2 aromatic heterocycles. The van der Waals surface area contributed by atoms with Crippen molar-refractivity contribution in [1.82, 2.24) is 14.7 Å². The maximum Gasteiger partial charge on any atom is 0.265 e. The van der Waals surface area contributed by atoms with Crippen LogP contribution < -0.4 is 14.5 Å². The van der Waals surface area contributed by atoms with Gasteiger partial charge in [0, 0.05) is 41.7 Å². The van der Waals surface area contributed by atoms with E-state index >= 15 is 0 Å². The largest absolute Gasteiger partial charge is 0.351 e. The number of nitrogens with one attached hydrogen (secondary N) is 1. The Kier molecular flexibility index (Phi) is 8.38. The number of hydrogen-bond acceptors (Lipinski definition) is 6. The Balaban J connectivity index is 1.60. The molecule has 2 unspecified atom stereocenters. The van der Waals surface area contributed by atoms with Crippen molar-refractivity contribution in [2.24, 2.45) is 11.8 Å². The van der Waals surface area contributed by atoms with Gasteiger partial charge < -0.3 is 9.80 Å². The minimum absolute atomic E-state index is 0.112. The number of anilines is 2. The van der Waals surface area contributed by atoms with Crippen LogP contribution in [-0.2, 0) is 5.41 Å². The van der Waals surface area contributed by atoms with Crippen molar-refractivity contribution >= 4 is 29.5 Å². The van der Waals surface area contributed by atoms with Crippen molar-refractivity contribution in [3.8, 4) is 0 Å². The summed E-state index contributed by atoms with van der Waals surface area (Å²) in [5.74, 6) is 2.57. The number of pyridine rings is 2. The molecule has 2 aliphatic rings. The number of nitrogens with zero attached hydrogens (tertiary/aromatic N) is 4. The minimum atomic E-state index is -0.138. The van der Waals surface area contributed by atoms with E-state index < -0.39 is 0 Å². The highest BCUT2D eigenvalue weighted by Crippen LogP contribution is 2.42. The van der Waals surface area contributed by atoms with Crippen molar-refractivity contribution in [2.45, 2.75) is 89.8 Å². The third-order valence-corrected chi connectivity index (χ3v) is 9.05. The molecule has 2 aliphatic heterocycles. The zero-order valence-corrected chi connectivity index (χ0v) is 26.5. The molecule has 1 amide bonds. The molecule has 1 N–H and O–H groups in total. The van der Waals surface area contributed by atoms with Gasteiger partial charge in [-0.15, -0.1) is 0 Å². The highest BCUT2D eigenvalue weighted by molar-refractivity contribution is 7.97. The number of benzene rings is 1. The highest BCUT2D eigenvalue weighted by Gasteiger charge is 2.41. The van der Waals surface area contributed by atoms with E-state index in [1.807, 2.05) is 24.3 Å². The van der Waals surface area contributed by atoms with Gasteiger partial charge in [0.2, 0.25) is 0 Å². The van der Waals surface area contributed by atoms with E-state index in [9.17, 15) is 4.79 Å². The summed E-state index contributed by atoms with van der Waals surface area (Å²) in [4.78, 5) is 28.8. The summed E-state index contributed by atoms with van der Waals surface area (Å²) in [6, 6.07) is 21.2. The second kappa shape index (κ2) is 11.7. The Morgan fingerprint density at radius 3 is 2.46 bits per heavy atom. The molecule has 5 rings (SSSR count). The number of carbonyl (C=O) groups is 1. The van der Waals surface area contributed by atoms with Crippen molar-refractivity contribution in [3.05, 3.63) is 77.5 Å². The smallest absolute Gasteiger partial charge is 0.265 e. The van der Waals surface area contributed by atoms with E-state index in [4.69, 9.17) is 9.97 Å². The number of fused-ring (bicyclic) bond motifs is 6. The number of amides is 1. The molecule has 1 saturated heterocycles. The Morgan fingerprint density at radius 2 is 1.76 bits per heavy atom. The van der Waals surface area contributed by atoms with Crippen LogP contribution in [0.4, 0.5) is 11.6 Å². The molecule has 0 saturated carbocycles. The average Bonchev–Trinajstić information content (AvgIpc) is 3.24. The highest BCUT2D eigenvalue weighted by atomic mass is 32.2. The van der Waals surface area contributed by atoms with Gasteiger partial charge in [-0.3, -0.25) is 9.52 Å². The van der Waals surface area contributed by atoms with Crippen LogP contribution in [0.5, 0.6) is 0 Å². The first-order valence-corrected chi connectivity index (χ1v) is 15.8. The monoisotopic (exact) mass is 571 g/mol. The van der Waals surface area contributed by atoms with Gasteiger partial charge in [-0.25, -0.2) is 9.97 Å². The Bertz CT molecular complexity index is 1370. The minimum Gasteiger partial charge on any atom is -0.351 e. The molecule has 0 radical (unpaired) electrons. The lowest BCUT2D eigenvalue weighted by atomic mass is 9.89. The number of aromatic nitrogens is 2. The molecule has 41 heavy (non-hydrogen) atoms. The standard InChI is InChI=1S/C34H45N5OS/c1-23(2)21-38-27(25-12-9-8-10-13-25)18-16-24-20-34(6,7)39(22-24)31-26(17-19-28(35-31)33(3,4)5)32(40)37-41-30-15-11-14-29(38)36-30/h8-15,17,19,23-24,27H,16,18,20-22H2,1-7H3,(H,37,40). The van der Waals surface area contributed by atoms with Gasteiger partial charge in [0.05, 0.1) is 11.6 Å². The fraction of sp³-hybridized carbons (Fsp3) is 0.500. The molecule has 2 atom stereocenters. The second-order valence-corrected chi connectivity index (χ2v) is 14.6. The van der Waals surface area contributed by atoms with Crippen molar-refractivity contribution < 1.29 is 4.79 Å². The summed E-state index contributed by atoms with van der Waals surface area (Å²) in [6.45, 7) is 17.4. The van der Waals surface area contributed by atoms with Gasteiger partial charge in [0.15, 0.2) is 0 Å². The topological polar surface area (TPSA) is 61.4 Å². The van der Waals surface area contributed by atoms with Gasteiger partial charge in [-0.2, -0.15) is 0 Å². The summed E-state index contributed by atoms with van der Waals surface area (Å²) < 4.78 is 3.09. The Morgan fingerprint density at radius 1 is 1.00 bits per heavy atom. The lowest BCUT2D eigenvalue weighted by molar-refractivity contribution is 0.0984. The van der Waals surface area contributed by atoms with Gasteiger partial charge in [0.25, 0.3) is 5.91 Å². The second-order valence-electron chi connectivity index (χ2n) is 13.7. The van der Waals surface area contributed by atoms with E-state index in [0.29, 0.717) is 17.4 Å². The third kappa shape index (κ3) is 6.56. The van der Waals surface area contributed by atoms with Crippen LogP contribution in [0.15, 0.2) is 65.7 Å². The van der Waals surface area contributed by atoms with Crippen molar-refractivity contribution in [2.75, 3.05) is 22.9 Å². The maximum absolute atomic E-state index is 13.7. The zero-order chi connectivity index (χ0) is 29.4. The van der Waals surface area contributed by atoms with Crippen LogP contribution >= 0.6 is 11.9 Å². The van der Waals surface area contributed by atoms with E-state index in [0.717, 1.165) is 54.7 Å². The molecule has 6 nitrogen and oxygen atoms in total.